The third kappa shape index (κ3) is 3.50. The Kier molecular flexibility index (Phi) is 5.48. The molecule has 5 heteroatoms. The van der Waals surface area contributed by atoms with Crippen LogP contribution in [0.15, 0.2) is 48.5 Å². The number of hydrogen-bond donors (Lipinski definition) is 1. The summed E-state index contributed by atoms with van der Waals surface area (Å²) in [6.07, 6.45) is 4.02. The summed E-state index contributed by atoms with van der Waals surface area (Å²) in [5, 5.41) is 9.60. The first-order chi connectivity index (χ1) is 14.8. The van der Waals surface area contributed by atoms with Crippen LogP contribution in [0.5, 0.6) is 0 Å². The van der Waals surface area contributed by atoms with Crippen molar-refractivity contribution in [1.29, 1.82) is 0 Å². The van der Waals surface area contributed by atoms with E-state index in [1.807, 2.05) is 4.90 Å². The molecule has 1 amide bonds. The molecule has 1 aliphatic carbocycles. The van der Waals surface area contributed by atoms with E-state index in [0.717, 1.165) is 45.3 Å². The van der Waals surface area contributed by atoms with E-state index < -0.39 is 0 Å². The third-order valence-electron chi connectivity index (χ3n) is 7.10. The van der Waals surface area contributed by atoms with Gasteiger partial charge in [0.05, 0.1) is 6.61 Å². The highest BCUT2D eigenvalue weighted by Crippen LogP contribution is 2.44. The van der Waals surface area contributed by atoms with E-state index in [9.17, 15) is 9.90 Å². The standard InChI is InChI=1S/C25H30N2O3/c28-16-19-8-5-13-26(19)15-18-7-6-14-27(18)25(29)30-17-24-22-11-3-1-9-20(22)21-10-2-4-12-23(21)24/h1-4,9-12,18-19,24,28H,5-8,13-17H2. The number of carbonyl (C=O) groups excluding carboxylic acids is 1. The molecule has 3 aliphatic rings. The number of nitrogens with zero attached hydrogens (tertiary/aromatic N) is 2. The number of aliphatic hydroxyl groups is 1. The van der Waals surface area contributed by atoms with Gasteiger partial charge in [0.15, 0.2) is 0 Å². The van der Waals surface area contributed by atoms with Crippen LogP contribution in [0.4, 0.5) is 4.79 Å². The lowest BCUT2D eigenvalue weighted by atomic mass is 9.98. The Balaban J connectivity index is 1.26. The van der Waals surface area contributed by atoms with E-state index in [1.54, 1.807) is 0 Å². The zero-order valence-corrected chi connectivity index (χ0v) is 17.4. The van der Waals surface area contributed by atoms with Gasteiger partial charge >= 0.3 is 6.09 Å². The minimum atomic E-state index is -0.195. The average Bonchev–Trinajstić information content (AvgIpc) is 3.50. The van der Waals surface area contributed by atoms with Crippen LogP contribution in [0, 0.1) is 0 Å². The first kappa shape index (κ1) is 19.6. The molecule has 5 rings (SSSR count). The fraction of sp³-hybridized carbons (Fsp3) is 0.480. The van der Waals surface area contributed by atoms with Crippen molar-refractivity contribution in [3.63, 3.8) is 0 Å². The first-order valence-electron chi connectivity index (χ1n) is 11.2. The lowest BCUT2D eigenvalue weighted by Crippen LogP contribution is -2.45. The minimum absolute atomic E-state index is 0.0970. The monoisotopic (exact) mass is 406 g/mol. The highest BCUT2D eigenvalue weighted by Gasteiger charge is 2.35. The van der Waals surface area contributed by atoms with Crippen LogP contribution in [0.1, 0.15) is 42.7 Å². The topological polar surface area (TPSA) is 53.0 Å². The van der Waals surface area contributed by atoms with E-state index >= 15 is 0 Å². The lowest BCUT2D eigenvalue weighted by molar-refractivity contribution is 0.0806. The predicted molar refractivity (Wildman–Crippen MR) is 116 cm³/mol. The lowest BCUT2D eigenvalue weighted by Gasteiger charge is -2.31. The van der Waals surface area contributed by atoms with Gasteiger partial charge < -0.3 is 14.7 Å². The number of benzene rings is 2. The van der Waals surface area contributed by atoms with Crippen molar-refractivity contribution in [1.82, 2.24) is 9.80 Å². The van der Waals surface area contributed by atoms with Gasteiger partial charge in [-0.15, -0.1) is 0 Å². The molecule has 2 heterocycles. The summed E-state index contributed by atoms with van der Waals surface area (Å²) in [6, 6.07) is 17.3. The van der Waals surface area contributed by atoms with Gasteiger partial charge in [0, 0.05) is 31.1 Å². The van der Waals surface area contributed by atoms with E-state index in [2.05, 4.69) is 53.4 Å². The number of amides is 1. The summed E-state index contributed by atoms with van der Waals surface area (Å²) < 4.78 is 5.89. The molecule has 2 aromatic rings. The van der Waals surface area contributed by atoms with Crippen LogP contribution in [0.2, 0.25) is 0 Å². The Labute approximate surface area is 178 Å². The predicted octanol–water partition coefficient (Wildman–Crippen LogP) is 3.86. The number of fused-ring (bicyclic) bond motifs is 3. The van der Waals surface area contributed by atoms with Gasteiger partial charge in [-0.3, -0.25) is 4.90 Å². The van der Waals surface area contributed by atoms with Crippen molar-refractivity contribution in [3.05, 3.63) is 59.7 Å². The normalized spacial score (nSPS) is 23.6. The van der Waals surface area contributed by atoms with Crippen molar-refractivity contribution in [2.75, 3.05) is 32.8 Å². The van der Waals surface area contributed by atoms with E-state index in [0.29, 0.717) is 6.61 Å². The Morgan fingerprint density at radius 2 is 1.57 bits per heavy atom. The largest absolute Gasteiger partial charge is 0.448 e. The molecule has 5 nitrogen and oxygen atoms in total. The SMILES string of the molecule is O=C(OCC1c2ccccc2-c2ccccc21)N1CCCC1CN1CCCC1CO. The van der Waals surface area contributed by atoms with Crippen molar-refractivity contribution in [3.8, 4) is 11.1 Å². The van der Waals surface area contributed by atoms with E-state index in [1.165, 1.54) is 22.3 Å². The van der Waals surface area contributed by atoms with Gasteiger partial charge in [-0.2, -0.15) is 0 Å². The van der Waals surface area contributed by atoms with Crippen molar-refractivity contribution < 1.29 is 14.6 Å². The molecule has 1 N–H and O–H groups in total. The zero-order valence-electron chi connectivity index (χ0n) is 17.4. The quantitative estimate of drug-likeness (QED) is 0.819. The number of aliphatic hydroxyl groups excluding tert-OH is 1. The summed E-state index contributed by atoms with van der Waals surface area (Å²) in [5.41, 5.74) is 4.98. The van der Waals surface area contributed by atoms with Crippen molar-refractivity contribution in [2.45, 2.75) is 43.7 Å². The number of carbonyl (C=O) groups is 1. The fourth-order valence-corrected chi connectivity index (χ4v) is 5.56. The molecule has 30 heavy (non-hydrogen) atoms. The second kappa shape index (κ2) is 8.40. The van der Waals surface area contributed by atoms with E-state index in [-0.39, 0.29) is 30.7 Å². The second-order valence-corrected chi connectivity index (χ2v) is 8.77. The van der Waals surface area contributed by atoms with Gasteiger partial charge in [-0.1, -0.05) is 48.5 Å². The van der Waals surface area contributed by atoms with Gasteiger partial charge in [0.1, 0.15) is 6.61 Å². The smallest absolute Gasteiger partial charge is 0.410 e. The molecule has 0 spiro atoms. The molecule has 2 atom stereocenters. The van der Waals surface area contributed by atoms with Crippen LogP contribution in [0.25, 0.3) is 11.1 Å². The number of likely N-dealkylation sites (tertiary alicyclic amines) is 2. The summed E-state index contributed by atoms with van der Waals surface area (Å²) in [7, 11) is 0. The molecule has 2 fully saturated rings. The first-order valence-corrected chi connectivity index (χ1v) is 11.2. The van der Waals surface area contributed by atoms with Gasteiger partial charge in [0.2, 0.25) is 0 Å². The molecule has 2 saturated heterocycles. The zero-order chi connectivity index (χ0) is 20.5. The van der Waals surface area contributed by atoms with Crippen LogP contribution in [-0.4, -0.2) is 65.9 Å². The maximum absolute atomic E-state index is 13.0. The van der Waals surface area contributed by atoms with Crippen LogP contribution in [0.3, 0.4) is 0 Å². The molecule has 158 valence electrons. The summed E-state index contributed by atoms with van der Waals surface area (Å²) in [6.45, 7) is 3.20. The molecular formula is C25H30N2O3. The molecule has 2 unspecified atom stereocenters. The van der Waals surface area contributed by atoms with Crippen molar-refractivity contribution in [2.24, 2.45) is 0 Å². The fourth-order valence-electron chi connectivity index (χ4n) is 5.56. The number of hydrogen-bond acceptors (Lipinski definition) is 4. The summed E-state index contributed by atoms with van der Waals surface area (Å²) in [5.74, 6) is 0.0970. The van der Waals surface area contributed by atoms with Gasteiger partial charge in [-0.25, -0.2) is 4.79 Å². The molecule has 2 aliphatic heterocycles. The van der Waals surface area contributed by atoms with Gasteiger partial charge in [-0.05, 0) is 54.5 Å². The summed E-state index contributed by atoms with van der Waals surface area (Å²) in [4.78, 5) is 17.3. The molecule has 0 bridgehead atoms. The summed E-state index contributed by atoms with van der Waals surface area (Å²) >= 11 is 0. The third-order valence-corrected chi connectivity index (χ3v) is 7.10. The molecule has 0 saturated carbocycles. The molecule has 2 aromatic carbocycles. The van der Waals surface area contributed by atoms with Crippen molar-refractivity contribution >= 4 is 6.09 Å². The number of ether oxygens (including phenoxy) is 1. The highest BCUT2D eigenvalue weighted by atomic mass is 16.6. The average molecular weight is 407 g/mol. The Bertz CT molecular complexity index is 869. The van der Waals surface area contributed by atoms with Crippen LogP contribution >= 0.6 is 0 Å². The second-order valence-electron chi connectivity index (χ2n) is 8.77. The molecule has 0 aromatic heterocycles. The maximum atomic E-state index is 13.0. The Morgan fingerprint density at radius 1 is 0.933 bits per heavy atom. The Morgan fingerprint density at radius 3 is 2.27 bits per heavy atom. The highest BCUT2D eigenvalue weighted by molar-refractivity contribution is 5.79. The maximum Gasteiger partial charge on any atom is 0.410 e. The van der Waals surface area contributed by atoms with Crippen LogP contribution < -0.4 is 0 Å². The molecular weight excluding hydrogens is 376 g/mol. The van der Waals surface area contributed by atoms with E-state index in [4.69, 9.17) is 4.74 Å². The minimum Gasteiger partial charge on any atom is -0.448 e. The molecule has 0 radical (unpaired) electrons. The Hall–Kier alpha value is -2.37. The number of rotatable bonds is 5. The van der Waals surface area contributed by atoms with Gasteiger partial charge in [0.25, 0.3) is 0 Å². The van der Waals surface area contributed by atoms with Crippen LogP contribution in [-0.2, 0) is 4.74 Å².